The minimum atomic E-state index is -0.726. The summed E-state index contributed by atoms with van der Waals surface area (Å²) in [6.07, 6.45) is 6.74. The lowest BCUT2D eigenvalue weighted by Gasteiger charge is -2.23. The van der Waals surface area contributed by atoms with Gasteiger partial charge in [0.2, 0.25) is 18.1 Å². The predicted molar refractivity (Wildman–Crippen MR) is 113 cm³/mol. The van der Waals surface area contributed by atoms with E-state index >= 15 is 4.39 Å². The van der Waals surface area contributed by atoms with E-state index in [1.807, 2.05) is 0 Å². The molecule has 0 radical (unpaired) electrons. The summed E-state index contributed by atoms with van der Waals surface area (Å²) >= 11 is 1.23. The standard InChI is InChI=1S/C19H29FN6O4S/c1-31-19-21-16(15(20)17(22-19)25-7-6-14(28)10-25)23-24-18(29)13(9-26(30)11-27)8-12-4-2-3-5-12/h11-14,28,30H,2-10H2,1H3,(H,24,29)(H,21,22,23)/t13-,14+/m1/s1. The number of hydrazine groups is 1. The number of carbonyl (C=O) groups is 2. The smallest absolute Gasteiger partial charge is 0.243 e. The van der Waals surface area contributed by atoms with Gasteiger partial charge in [-0.3, -0.25) is 25.6 Å². The normalized spacial score (nSPS) is 20.0. The minimum Gasteiger partial charge on any atom is -0.391 e. The van der Waals surface area contributed by atoms with Crippen molar-refractivity contribution < 1.29 is 24.3 Å². The van der Waals surface area contributed by atoms with E-state index in [4.69, 9.17) is 0 Å². The van der Waals surface area contributed by atoms with Crippen molar-refractivity contribution in [1.82, 2.24) is 20.5 Å². The quantitative estimate of drug-likeness (QED) is 0.136. The van der Waals surface area contributed by atoms with Crippen LogP contribution >= 0.6 is 11.8 Å². The third-order valence-corrected chi connectivity index (χ3v) is 6.30. The van der Waals surface area contributed by atoms with Gasteiger partial charge in [0.15, 0.2) is 16.8 Å². The van der Waals surface area contributed by atoms with Crippen molar-refractivity contribution in [3.63, 3.8) is 0 Å². The highest BCUT2D eigenvalue weighted by atomic mass is 32.2. The number of nitrogens with zero attached hydrogens (tertiary/aromatic N) is 4. The third kappa shape index (κ3) is 6.17. The van der Waals surface area contributed by atoms with Crippen LogP contribution < -0.4 is 15.8 Å². The Balaban J connectivity index is 1.71. The van der Waals surface area contributed by atoms with Gasteiger partial charge in [-0.15, -0.1) is 0 Å². The van der Waals surface area contributed by atoms with E-state index in [1.165, 1.54) is 11.8 Å². The number of carbonyl (C=O) groups excluding carboxylic acids is 2. The largest absolute Gasteiger partial charge is 0.391 e. The van der Waals surface area contributed by atoms with Crippen LogP contribution in [0.3, 0.4) is 0 Å². The summed E-state index contributed by atoms with van der Waals surface area (Å²) in [6.45, 7) is 0.595. The fourth-order valence-electron chi connectivity index (χ4n) is 4.14. The molecular weight excluding hydrogens is 427 g/mol. The second-order valence-electron chi connectivity index (χ2n) is 8.01. The van der Waals surface area contributed by atoms with Crippen LogP contribution in [-0.4, -0.2) is 69.7 Å². The van der Waals surface area contributed by atoms with Gasteiger partial charge in [0.1, 0.15) is 0 Å². The number of amides is 2. The number of aliphatic hydroxyl groups is 1. The number of anilines is 2. The predicted octanol–water partition coefficient (Wildman–Crippen LogP) is 1.40. The van der Waals surface area contributed by atoms with Crippen LogP contribution in [0, 0.1) is 17.7 Å². The molecule has 0 unspecified atom stereocenters. The molecule has 2 aliphatic rings. The molecule has 2 heterocycles. The number of aliphatic hydroxyl groups excluding tert-OH is 1. The highest BCUT2D eigenvalue weighted by molar-refractivity contribution is 7.98. The molecule has 1 aliphatic heterocycles. The van der Waals surface area contributed by atoms with E-state index in [2.05, 4.69) is 20.8 Å². The molecule has 1 saturated heterocycles. The monoisotopic (exact) mass is 456 g/mol. The Bertz CT molecular complexity index is 782. The maximum absolute atomic E-state index is 15.0. The lowest BCUT2D eigenvalue weighted by molar-refractivity contribution is -0.154. The molecule has 3 rings (SSSR count). The first-order chi connectivity index (χ1) is 14.9. The van der Waals surface area contributed by atoms with Crippen molar-refractivity contribution >= 4 is 35.7 Å². The molecule has 0 aromatic carbocycles. The summed E-state index contributed by atoms with van der Waals surface area (Å²) in [5, 5.41) is 20.1. The van der Waals surface area contributed by atoms with E-state index < -0.39 is 23.7 Å². The van der Waals surface area contributed by atoms with Gasteiger partial charge in [0, 0.05) is 13.1 Å². The van der Waals surface area contributed by atoms with Crippen molar-refractivity contribution in [2.24, 2.45) is 11.8 Å². The van der Waals surface area contributed by atoms with E-state index in [0.29, 0.717) is 35.5 Å². The Labute approximate surface area is 184 Å². The second-order valence-corrected chi connectivity index (χ2v) is 8.78. The van der Waals surface area contributed by atoms with Gasteiger partial charge in [-0.05, 0) is 25.0 Å². The van der Waals surface area contributed by atoms with Crippen LogP contribution in [0.25, 0.3) is 0 Å². The number of aromatic nitrogens is 2. The number of hydrogen-bond donors (Lipinski definition) is 4. The van der Waals surface area contributed by atoms with Gasteiger partial charge < -0.3 is 10.0 Å². The lowest BCUT2D eigenvalue weighted by atomic mass is 9.92. The van der Waals surface area contributed by atoms with E-state index in [1.54, 1.807) is 11.2 Å². The van der Waals surface area contributed by atoms with Crippen LogP contribution in [0.5, 0.6) is 0 Å². The number of hydroxylamine groups is 2. The maximum Gasteiger partial charge on any atom is 0.243 e. The number of thioether (sulfide) groups is 1. The first-order valence-corrected chi connectivity index (χ1v) is 11.6. The van der Waals surface area contributed by atoms with Crippen LogP contribution in [0.4, 0.5) is 16.0 Å². The summed E-state index contributed by atoms with van der Waals surface area (Å²) in [6, 6.07) is 0. The molecule has 31 heavy (non-hydrogen) atoms. The van der Waals surface area contributed by atoms with Crippen LogP contribution in [0.15, 0.2) is 5.16 Å². The summed E-state index contributed by atoms with van der Waals surface area (Å²) in [5.41, 5.74) is 5.01. The number of hydrogen-bond acceptors (Lipinski definition) is 9. The summed E-state index contributed by atoms with van der Waals surface area (Å²) in [7, 11) is 0. The van der Waals surface area contributed by atoms with Crippen molar-refractivity contribution in [1.29, 1.82) is 0 Å². The molecule has 1 aromatic rings. The molecule has 172 valence electrons. The van der Waals surface area contributed by atoms with Gasteiger partial charge in [0.25, 0.3) is 0 Å². The van der Waals surface area contributed by atoms with Crippen molar-refractivity contribution in [3.8, 4) is 0 Å². The molecule has 1 aromatic heterocycles. The Morgan fingerprint density at radius 1 is 1.39 bits per heavy atom. The van der Waals surface area contributed by atoms with E-state index in [0.717, 1.165) is 25.7 Å². The molecule has 0 spiro atoms. The highest BCUT2D eigenvalue weighted by Gasteiger charge is 2.29. The lowest BCUT2D eigenvalue weighted by Crippen LogP contribution is -2.41. The molecule has 2 fully saturated rings. The number of nitrogens with one attached hydrogen (secondary N) is 2. The fraction of sp³-hybridized carbons (Fsp3) is 0.684. The molecule has 1 aliphatic carbocycles. The van der Waals surface area contributed by atoms with Gasteiger partial charge in [-0.2, -0.15) is 4.39 Å². The number of halogens is 1. The third-order valence-electron chi connectivity index (χ3n) is 5.76. The zero-order chi connectivity index (χ0) is 22.4. The SMILES string of the molecule is CSc1nc(NNC(=O)[C@H](CC2CCCC2)CN(O)C=O)c(F)c(N2CC[C@H](O)C2)n1. The zero-order valence-electron chi connectivity index (χ0n) is 17.5. The Morgan fingerprint density at radius 2 is 2.13 bits per heavy atom. The number of rotatable bonds is 10. The summed E-state index contributed by atoms with van der Waals surface area (Å²) in [4.78, 5) is 33.5. The Hall–Kier alpha value is -2.18. The molecular formula is C19H29FN6O4S. The van der Waals surface area contributed by atoms with Crippen molar-refractivity contribution in [2.75, 3.05) is 36.2 Å². The first-order valence-electron chi connectivity index (χ1n) is 10.4. The molecule has 1 saturated carbocycles. The van der Waals surface area contributed by atoms with Gasteiger partial charge in [-0.25, -0.2) is 15.0 Å². The van der Waals surface area contributed by atoms with Gasteiger partial charge in [-0.1, -0.05) is 37.4 Å². The summed E-state index contributed by atoms with van der Waals surface area (Å²) in [5.74, 6) is -1.60. The van der Waals surface area contributed by atoms with Crippen molar-refractivity contribution in [3.05, 3.63) is 5.82 Å². The average molecular weight is 457 g/mol. The molecule has 2 atom stereocenters. The van der Waals surface area contributed by atoms with E-state index in [-0.39, 0.29) is 31.1 Å². The highest BCUT2D eigenvalue weighted by Crippen LogP contribution is 2.31. The molecule has 4 N–H and O–H groups in total. The Morgan fingerprint density at radius 3 is 2.74 bits per heavy atom. The number of β-amino-alcohol motifs (C(OH)–C–C–N with tert-alkyl or cyclic N) is 1. The second kappa shape index (κ2) is 10.9. The molecule has 0 bridgehead atoms. The topological polar surface area (TPSA) is 131 Å². The summed E-state index contributed by atoms with van der Waals surface area (Å²) < 4.78 is 15.0. The molecule has 2 amide bonds. The van der Waals surface area contributed by atoms with Gasteiger partial charge >= 0.3 is 0 Å². The van der Waals surface area contributed by atoms with Gasteiger partial charge in [0.05, 0.1) is 18.6 Å². The zero-order valence-corrected chi connectivity index (χ0v) is 18.3. The van der Waals surface area contributed by atoms with Crippen LogP contribution in [0.1, 0.15) is 38.5 Å². The fourth-order valence-corrected chi connectivity index (χ4v) is 4.50. The molecule has 12 heteroatoms. The Kier molecular flexibility index (Phi) is 8.27. The van der Waals surface area contributed by atoms with Crippen molar-refractivity contribution in [2.45, 2.75) is 49.8 Å². The van der Waals surface area contributed by atoms with Crippen LogP contribution in [0.2, 0.25) is 0 Å². The first kappa shape index (κ1) is 23.5. The average Bonchev–Trinajstić information content (AvgIpc) is 3.43. The molecule has 10 nitrogen and oxygen atoms in total. The van der Waals surface area contributed by atoms with E-state index in [9.17, 15) is 19.9 Å². The minimum absolute atomic E-state index is 0.0673. The van der Waals surface area contributed by atoms with Crippen LogP contribution in [-0.2, 0) is 9.59 Å². The maximum atomic E-state index is 15.0.